The number of carbonyl (C=O) groups excluding carboxylic acids is 1. The van der Waals surface area contributed by atoms with E-state index in [-0.39, 0.29) is 5.82 Å². The molecule has 0 bridgehead atoms. The first-order chi connectivity index (χ1) is 8.22. The van der Waals surface area contributed by atoms with E-state index >= 15 is 0 Å². The molecule has 0 aliphatic rings. The number of ether oxygens (including phenoxy) is 1. The van der Waals surface area contributed by atoms with E-state index in [4.69, 9.17) is 4.74 Å². The Labute approximate surface area is 98.7 Å². The van der Waals surface area contributed by atoms with Crippen LogP contribution in [0, 0.1) is 5.82 Å². The van der Waals surface area contributed by atoms with Gasteiger partial charge in [-0.25, -0.2) is 4.39 Å². The molecule has 0 fully saturated rings. The SMILES string of the molecule is COc1cc(F)cc(-c2cccc(C=O)c2)c1. The summed E-state index contributed by atoms with van der Waals surface area (Å²) < 4.78 is 18.3. The minimum absolute atomic E-state index is 0.365. The number of methoxy groups -OCH3 is 1. The second kappa shape index (κ2) is 4.78. The Morgan fingerprint density at radius 2 is 1.94 bits per heavy atom. The average molecular weight is 230 g/mol. The van der Waals surface area contributed by atoms with Crippen molar-refractivity contribution in [1.82, 2.24) is 0 Å². The predicted octanol–water partition coefficient (Wildman–Crippen LogP) is 3.31. The molecule has 17 heavy (non-hydrogen) atoms. The van der Waals surface area contributed by atoms with E-state index in [0.29, 0.717) is 16.9 Å². The quantitative estimate of drug-likeness (QED) is 0.756. The van der Waals surface area contributed by atoms with Crippen LogP contribution in [0.15, 0.2) is 42.5 Å². The molecule has 0 spiro atoms. The molecular weight excluding hydrogens is 219 g/mol. The summed E-state index contributed by atoms with van der Waals surface area (Å²) in [6.07, 6.45) is 0.764. The smallest absolute Gasteiger partial charge is 0.150 e. The zero-order valence-electron chi connectivity index (χ0n) is 9.31. The van der Waals surface area contributed by atoms with Crippen molar-refractivity contribution in [1.29, 1.82) is 0 Å². The molecule has 0 saturated carbocycles. The molecule has 0 aliphatic heterocycles. The molecule has 0 heterocycles. The summed E-state index contributed by atoms with van der Waals surface area (Å²) in [5.41, 5.74) is 2.03. The van der Waals surface area contributed by atoms with Crippen molar-refractivity contribution in [2.24, 2.45) is 0 Å². The lowest BCUT2D eigenvalue weighted by Gasteiger charge is -2.06. The third kappa shape index (κ3) is 2.50. The van der Waals surface area contributed by atoms with Gasteiger partial charge in [0.25, 0.3) is 0 Å². The van der Waals surface area contributed by atoms with Gasteiger partial charge in [0.15, 0.2) is 0 Å². The van der Waals surface area contributed by atoms with E-state index in [0.717, 1.165) is 11.8 Å². The van der Waals surface area contributed by atoms with Crippen LogP contribution in [0.4, 0.5) is 4.39 Å². The van der Waals surface area contributed by atoms with Crippen molar-refractivity contribution < 1.29 is 13.9 Å². The molecule has 0 aromatic heterocycles. The lowest BCUT2D eigenvalue weighted by molar-refractivity contribution is 0.112. The Kier molecular flexibility index (Phi) is 3.19. The molecule has 0 unspecified atom stereocenters. The molecule has 86 valence electrons. The van der Waals surface area contributed by atoms with E-state index in [1.54, 1.807) is 24.3 Å². The molecule has 2 nitrogen and oxygen atoms in total. The maximum Gasteiger partial charge on any atom is 0.150 e. The summed E-state index contributed by atoms with van der Waals surface area (Å²) in [6, 6.07) is 11.4. The summed E-state index contributed by atoms with van der Waals surface area (Å²) in [7, 11) is 1.49. The zero-order chi connectivity index (χ0) is 12.3. The highest BCUT2D eigenvalue weighted by Gasteiger charge is 2.04. The van der Waals surface area contributed by atoms with Gasteiger partial charge in [0.1, 0.15) is 17.9 Å². The number of carbonyl (C=O) groups is 1. The molecule has 0 amide bonds. The summed E-state index contributed by atoms with van der Waals surface area (Å²) in [5, 5.41) is 0. The van der Waals surface area contributed by atoms with Crippen LogP contribution in [0.25, 0.3) is 11.1 Å². The molecule has 2 aromatic carbocycles. The van der Waals surface area contributed by atoms with Crippen LogP contribution in [-0.4, -0.2) is 13.4 Å². The maximum atomic E-state index is 13.3. The summed E-state index contributed by atoms with van der Waals surface area (Å²) in [4.78, 5) is 10.7. The second-order valence-corrected chi connectivity index (χ2v) is 3.62. The predicted molar refractivity (Wildman–Crippen MR) is 63.8 cm³/mol. The third-order valence-corrected chi connectivity index (χ3v) is 2.46. The highest BCUT2D eigenvalue weighted by molar-refractivity contribution is 5.79. The monoisotopic (exact) mass is 230 g/mol. The van der Waals surface area contributed by atoms with Gasteiger partial charge in [0.05, 0.1) is 7.11 Å². The molecule has 2 rings (SSSR count). The Morgan fingerprint density at radius 3 is 2.65 bits per heavy atom. The highest BCUT2D eigenvalue weighted by Crippen LogP contribution is 2.25. The van der Waals surface area contributed by atoms with Crippen LogP contribution >= 0.6 is 0 Å². The van der Waals surface area contributed by atoms with Gasteiger partial charge in [0, 0.05) is 11.6 Å². The summed E-state index contributed by atoms with van der Waals surface area (Å²) in [6.45, 7) is 0. The minimum Gasteiger partial charge on any atom is -0.497 e. The third-order valence-electron chi connectivity index (χ3n) is 2.46. The second-order valence-electron chi connectivity index (χ2n) is 3.62. The number of hydrogen-bond acceptors (Lipinski definition) is 2. The van der Waals surface area contributed by atoms with Crippen LogP contribution in [0.2, 0.25) is 0 Å². The van der Waals surface area contributed by atoms with E-state index in [2.05, 4.69) is 0 Å². The molecule has 2 aromatic rings. The number of aldehydes is 1. The minimum atomic E-state index is -0.365. The molecule has 0 atom stereocenters. The average Bonchev–Trinajstić information content (AvgIpc) is 2.38. The molecule has 0 N–H and O–H groups in total. The summed E-state index contributed by atoms with van der Waals surface area (Å²) >= 11 is 0. The fourth-order valence-corrected chi connectivity index (χ4v) is 1.64. The normalized spacial score (nSPS) is 10.0. The first kappa shape index (κ1) is 11.3. The van der Waals surface area contributed by atoms with Gasteiger partial charge in [-0.05, 0) is 29.3 Å². The van der Waals surface area contributed by atoms with Crippen molar-refractivity contribution in [3.63, 3.8) is 0 Å². The van der Waals surface area contributed by atoms with Gasteiger partial charge in [-0.3, -0.25) is 4.79 Å². The molecule has 0 aliphatic carbocycles. The fourth-order valence-electron chi connectivity index (χ4n) is 1.64. The van der Waals surface area contributed by atoms with Crippen molar-refractivity contribution >= 4 is 6.29 Å². The Balaban J connectivity index is 2.51. The Bertz CT molecular complexity index is 550. The molecule has 0 radical (unpaired) electrons. The fraction of sp³-hybridized carbons (Fsp3) is 0.0714. The van der Waals surface area contributed by atoms with Gasteiger partial charge in [-0.15, -0.1) is 0 Å². The van der Waals surface area contributed by atoms with E-state index in [9.17, 15) is 9.18 Å². The van der Waals surface area contributed by atoms with Crippen molar-refractivity contribution in [3.05, 3.63) is 53.8 Å². The van der Waals surface area contributed by atoms with Crippen LogP contribution in [0.5, 0.6) is 5.75 Å². The van der Waals surface area contributed by atoms with E-state index in [1.807, 2.05) is 6.07 Å². The standard InChI is InChI=1S/C14H11FO2/c1-17-14-7-12(6-13(15)8-14)11-4-2-3-10(5-11)9-16/h2-9H,1H3. The van der Waals surface area contributed by atoms with E-state index in [1.165, 1.54) is 19.2 Å². The van der Waals surface area contributed by atoms with Crippen molar-refractivity contribution in [3.8, 4) is 16.9 Å². The maximum absolute atomic E-state index is 13.3. The lowest BCUT2D eigenvalue weighted by Crippen LogP contribution is -1.88. The van der Waals surface area contributed by atoms with Crippen LogP contribution in [0.1, 0.15) is 10.4 Å². The highest BCUT2D eigenvalue weighted by atomic mass is 19.1. The number of hydrogen-bond donors (Lipinski definition) is 0. The van der Waals surface area contributed by atoms with Gasteiger partial charge >= 0.3 is 0 Å². The molecule has 3 heteroatoms. The number of rotatable bonds is 3. The Morgan fingerprint density at radius 1 is 1.12 bits per heavy atom. The number of benzene rings is 2. The van der Waals surface area contributed by atoms with Crippen LogP contribution in [-0.2, 0) is 0 Å². The number of halogens is 1. The zero-order valence-corrected chi connectivity index (χ0v) is 9.31. The summed E-state index contributed by atoms with van der Waals surface area (Å²) in [5.74, 6) is 0.0902. The topological polar surface area (TPSA) is 26.3 Å². The van der Waals surface area contributed by atoms with Gasteiger partial charge in [0.2, 0.25) is 0 Å². The van der Waals surface area contributed by atoms with Gasteiger partial charge in [-0.1, -0.05) is 18.2 Å². The van der Waals surface area contributed by atoms with Crippen molar-refractivity contribution in [2.75, 3.05) is 7.11 Å². The first-order valence-corrected chi connectivity index (χ1v) is 5.13. The first-order valence-electron chi connectivity index (χ1n) is 5.13. The molecule has 0 saturated heterocycles. The van der Waals surface area contributed by atoms with Gasteiger partial charge < -0.3 is 4.74 Å². The van der Waals surface area contributed by atoms with Gasteiger partial charge in [-0.2, -0.15) is 0 Å². The van der Waals surface area contributed by atoms with E-state index < -0.39 is 0 Å². The lowest BCUT2D eigenvalue weighted by atomic mass is 10.0. The van der Waals surface area contributed by atoms with Crippen LogP contribution < -0.4 is 4.74 Å². The van der Waals surface area contributed by atoms with Crippen LogP contribution in [0.3, 0.4) is 0 Å². The van der Waals surface area contributed by atoms with Crippen molar-refractivity contribution in [2.45, 2.75) is 0 Å². The largest absolute Gasteiger partial charge is 0.497 e. The molecular formula is C14H11FO2. The Hall–Kier alpha value is -2.16.